The molecule has 0 bridgehead atoms. The highest BCUT2D eigenvalue weighted by Gasteiger charge is 2.51. The summed E-state index contributed by atoms with van der Waals surface area (Å²) in [6.45, 7) is 2.96. The normalized spacial score (nSPS) is 30.9. The van der Waals surface area contributed by atoms with Gasteiger partial charge in [0.25, 0.3) is 0 Å². The first-order valence-electron chi connectivity index (χ1n) is 9.61. The number of aliphatic hydroxyl groups excluding tert-OH is 1. The standard InChI is InChI=1S/C21H23NO8/c1-11(23)13-5-7-14(8-6-13)28-21-17(22-12(2)24)18(25)19-16(29-21)10-27-20(30-19)15-4-3-9-26-15/h3-9,16-21,25H,10H2,1-2H3,(H,22,24)/t16-,17+,18+,19-,20+,21-/m1/s1. The minimum Gasteiger partial charge on any atom is -0.464 e. The molecule has 2 fully saturated rings. The van der Waals surface area contributed by atoms with E-state index >= 15 is 0 Å². The van der Waals surface area contributed by atoms with Crippen molar-refractivity contribution >= 4 is 11.7 Å². The first-order valence-corrected chi connectivity index (χ1v) is 9.61. The van der Waals surface area contributed by atoms with Gasteiger partial charge in [-0.05, 0) is 43.3 Å². The van der Waals surface area contributed by atoms with Crippen LogP contribution in [0.4, 0.5) is 0 Å². The van der Waals surface area contributed by atoms with Crippen LogP contribution in [-0.4, -0.2) is 54.0 Å². The smallest absolute Gasteiger partial charge is 0.223 e. The summed E-state index contributed by atoms with van der Waals surface area (Å²) in [5.74, 6) is 0.488. The molecule has 0 aliphatic carbocycles. The lowest BCUT2D eigenvalue weighted by Gasteiger charge is -2.47. The highest BCUT2D eigenvalue weighted by molar-refractivity contribution is 5.94. The zero-order valence-corrected chi connectivity index (χ0v) is 16.5. The maximum Gasteiger partial charge on any atom is 0.223 e. The van der Waals surface area contributed by atoms with E-state index in [0.29, 0.717) is 17.1 Å². The van der Waals surface area contributed by atoms with Crippen molar-refractivity contribution in [2.45, 2.75) is 50.8 Å². The number of ketones is 1. The minimum absolute atomic E-state index is 0.0625. The van der Waals surface area contributed by atoms with Gasteiger partial charge in [-0.1, -0.05) is 0 Å². The Bertz CT molecular complexity index is 881. The van der Waals surface area contributed by atoms with Crippen molar-refractivity contribution in [1.82, 2.24) is 5.32 Å². The lowest BCUT2D eigenvalue weighted by Crippen LogP contribution is -2.67. The van der Waals surface area contributed by atoms with Gasteiger partial charge in [-0.15, -0.1) is 0 Å². The summed E-state index contributed by atoms with van der Waals surface area (Å²) in [4.78, 5) is 23.2. The number of rotatable bonds is 5. The SMILES string of the molecule is CC(=O)N[C@@H]1[C@H](Oc2ccc(C(C)=O)cc2)O[C@@H]2CO[C@H](c3ccco3)O[C@H]2[C@H]1O. The molecular weight excluding hydrogens is 394 g/mol. The van der Waals surface area contributed by atoms with Gasteiger partial charge in [-0.2, -0.15) is 0 Å². The Morgan fingerprint density at radius 1 is 1.13 bits per heavy atom. The summed E-state index contributed by atoms with van der Waals surface area (Å²) in [6.07, 6.45) is -2.75. The third-order valence-corrected chi connectivity index (χ3v) is 5.02. The molecule has 9 nitrogen and oxygen atoms in total. The van der Waals surface area contributed by atoms with E-state index < -0.39 is 36.9 Å². The van der Waals surface area contributed by atoms with Crippen LogP contribution in [0.15, 0.2) is 47.1 Å². The van der Waals surface area contributed by atoms with Crippen molar-refractivity contribution in [3.63, 3.8) is 0 Å². The zero-order chi connectivity index (χ0) is 21.3. The molecule has 160 valence electrons. The highest BCUT2D eigenvalue weighted by Crippen LogP contribution is 2.35. The van der Waals surface area contributed by atoms with Gasteiger partial charge in [0.05, 0.1) is 12.9 Å². The second-order valence-electron chi connectivity index (χ2n) is 7.24. The van der Waals surface area contributed by atoms with E-state index in [1.807, 2.05) is 0 Å². The van der Waals surface area contributed by atoms with E-state index in [9.17, 15) is 14.7 Å². The Balaban J connectivity index is 1.51. The molecule has 2 saturated heterocycles. The van der Waals surface area contributed by atoms with E-state index in [1.165, 1.54) is 20.1 Å². The molecule has 1 amide bonds. The summed E-state index contributed by atoms with van der Waals surface area (Å²) in [5.41, 5.74) is 0.545. The molecule has 2 aliphatic rings. The molecule has 4 rings (SSSR count). The number of carbonyl (C=O) groups is 2. The Morgan fingerprint density at radius 2 is 1.90 bits per heavy atom. The van der Waals surface area contributed by atoms with Crippen LogP contribution in [0.3, 0.4) is 0 Å². The van der Waals surface area contributed by atoms with Gasteiger partial charge in [0.15, 0.2) is 11.5 Å². The number of hydrogen-bond acceptors (Lipinski definition) is 8. The lowest BCUT2D eigenvalue weighted by molar-refractivity contribution is -0.336. The van der Waals surface area contributed by atoms with E-state index in [4.69, 9.17) is 23.4 Å². The van der Waals surface area contributed by atoms with E-state index in [0.717, 1.165) is 0 Å². The second-order valence-corrected chi connectivity index (χ2v) is 7.24. The summed E-state index contributed by atoms with van der Waals surface area (Å²) >= 11 is 0. The Hall–Kier alpha value is -2.72. The van der Waals surface area contributed by atoms with Crippen molar-refractivity contribution in [3.8, 4) is 5.75 Å². The number of aliphatic hydroxyl groups is 1. The Kier molecular flexibility index (Phi) is 5.87. The van der Waals surface area contributed by atoms with E-state index in [-0.39, 0.29) is 18.3 Å². The van der Waals surface area contributed by atoms with Crippen LogP contribution in [0, 0.1) is 0 Å². The molecule has 2 aliphatic heterocycles. The molecule has 3 heterocycles. The molecule has 0 saturated carbocycles. The van der Waals surface area contributed by atoms with Crippen LogP contribution in [0.5, 0.6) is 5.75 Å². The molecule has 1 aromatic heterocycles. The first-order chi connectivity index (χ1) is 14.4. The average molecular weight is 417 g/mol. The Labute approximate surface area is 172 Å². The fraction of sp³-hybridized carbons (Fsp3) is 0.429. The maximum atomic E-state index is 11.7. The van der Waals surface area contributed by atoms with Gasteiger partial charge in [0.1, 0.15) is 30.1 Å². The lowest BCUT2D eigenvalue weighted by atomic mass is 9.96. The first kappa shape index (κ1) is 20.5. The fourth-order valence-electron chi connectivity index (χ4n) is 3.55. The number of furan rings is 1. The van der Waals surface area contributed by atoms with E-state index in [1.54, 1.807) is 36.4 Å². The van der Waals surface area contributed by atoms with Crippen LogP contribution in [-0.2, 0) is 19.0 Å². The second kappa shape index (κ2) is 8.57. The maximum absolute atomic E-state index is 11.7. The monoisotopic (exact) mass is 417 g/mol. The van der Waals surface area contributed by atoms with Gasteiger partial charge < -0.3 is 33.8 Å². The van der Waals surface area contributed by atoms with Crippen LogP contribution in [0.2, 0.25) is 0 Å². The van der Waals surface area contributed by atoms with E-state index in [2.05, 4.69) is 5.32 Å². The number of nitrogens with one attached hydrogen (secondary N) is 1. The molecule has 1 aromatic carbocycles. The molecule has 0 unspecified atom stereocenters. The molecule has 2 aromatic rings. The molecule has 0 radical (unpaired) electrons. The molecule has 9 heteroatoms. The summed E-state index contributed by atoms with van der Waals surface area (Å²) in [5, 5.41) is 13.6. The number of fused-ring (bicyclic) bond motifs is 1. The van der Waals surface area contributed by atoms with Crippen molar-refractivity contribution in [2.24, 2.45) is 0 Å². The van der Waals surface area contributed by atoms with Crippen molar-refractivity contribution < 1.29 is 38.1 Å². The third-order valence-electron chi connectivity index (χ3n) is 5.02. The predicted molar refractivity (Wildman–Crippen MR) is 102 cm³/mol. The summed E-state index contributed by atoms with van der Waals surface area (Å²) in [6, 6.07) is 9.06. The average Bonchev–Trinajstić information content (AvgIpc) is 3.26. The highest BCUT2D eigenvalue weighted by atomic mass is 16.8. The third kappa shape index (κ3) is 4.24. The number of hydrogen-bond donors (Lipinski definition) is 2. The van der Waals surface area contributed by atoms with Crippen molar-refractivity contribution in [1.29, 1.82) is 0 Å². The van der Waals surface area contributed by atoms with Crippen LogP contribution >= 0.6 is 0 Å². The molecule has 2 N–H and O–H groups in total. The number of amides is 1. The van der Waals surface area contributed by atoms with Crippen LogP contribution < -0.4 is 10.1 Å². The fourth-order valence-corrected chi connectivity index (χ4v) is 3.55. The topological polar surface area (TPSA) is 116 Å². The van der Waals surface area contributed by atoms with Crippen LogP contribution in [0.25, 0.3) is 0 Å². The predicted octanol–water partition coefficient (Wildman–Crippen LogP) is 1.57. The molecule has 6 atom stereocenters. The summed E-state index contributed by atoms with van der Waals surface area (Å²) in [7, 11) is 0. The molecular formula is C21H23NO8. The van der Waals surface area contributed by atoms with Gasteiger partial charge in [0.2, 0.25) is 18.5 Å². The molecule has 30 heavy (non-hydrogen) atoms. The van der Waals surface area contributed by atoms with Gasteiger partial charge >= 0.3 is 0 Å². The minimum atomic E-state index is -1.12. The van der Waals surface area contributed by atoms with Gasteiger partial charge in [-0.25, -0.2) is 0 Å². The quantitative estimate of drug-likeness (QED) is 0.704. The van der Waals surface area contributed by atoms with Crippen LogP contribution in [0.1, 0.15) is 36.3 Å². The number of benzene rings is 1. The Morgan fingerprint density at radius 3 is 2.53 bits per heavy atom. The van der Waals surface area contributed by atoms with Crippen molar-refractivity contribution in [3.05, 3.63) is 54.0 Å². The zero-order valence-electron chi connectivity index (χ0n) is 16.5. The number of Topliss-reactive ketones (excluding diaryl/α,β-unsaturated/α-hetero) is 1. The largest absolute Gasteiger partial charge is 0.464 e. The summed E-state index contributed by atoms with van der Waals surface area (Å²) < 4.78 is 28.7. The number of carbonyl (C=O) groups excluding carboxylic acids is 2. The van der Waals surface area contributed by atoms with Crippen molar-refractivity contribution in [2.75, 3.05) is 6.61 Å². The van der Waals surface area contributed by atoms with Gasteiger partial charge in [0, 0.05) is 12.5 Å². The molecule has 0 spiro atoms. The van der Waals surface area contributed by atoms with Gasteiger partial charge in [-0.3, -0.25) is 9.59 Å². The number of ether oxygens (including phenoxy) is 4.